The zero-order valence-corrected chi connectivity index (χ0v) is 12.4. The van der Waals surface area contributed by atoms with Crippen LogP contribution in [0.1, 0.15) is 37.5 Å². The molecule has 0 amide bonds. The minimum Gasteiger partial charge on any atom is -0.507 e. The van der Waals surface area contributed by atoms with Gasteiger partial charge in [-0.1, -0.05) is 13.3 Å². The monoisotopic (exact) mass is 287 g/mol. The van der Waals surface area contributed by atoms with Crippen molar-refractivity contribution in [3.63, 3.8) is 0 Å². The highest BCUT2D eigenvalue weighted by Gasteiger charge is 2.17. The minimum absolute atomic E-state index is 0.0343. The highest BCUT2D eigenvalue weighted by Crippen LogP contribution is 2.28. The zero-order chi connectivity index (χ0) is 14.8. The maximum atomic E-state index is 12.2. The molecule has 0 bridgehead atoms. The van der Waals surface area contributed by atoms with E-state index in [0.717, 1.165) is 18.7 Å². The van der Waals surface area contributed by atoms with Gasteiger partial charge in [0.2, 0.25) is 0 Å². The van der Waals surface area contributed by atoms with Crippen LogP contribution in [0.2, 0.25) is 0 Å². The number of aromatic hydroxyl groups is 1. The highest BCUT2D eigenvalue weighted by atomic mass is 16.3. The average Bonchev–Trinajstić information content (AvgIpc) is 2.51. The van der Waals surface area contributed by atoms with Crippen molar-refractivity contribution in [1.82, 2.24) is 4.90 Å². The van der Waals surface area contributed by atoms with Gasteiger partial charge in [-0.05, 0) is 38.1 Å². The smallest absolute Gasteiger partial charge is 0.192 e. The number of phenols is 1. The van der Waals surface area contributed by atoms with Crippen molar-refractivity contribution in [2.24, 2.45) is 0 Å². The summed E-state index contributed by atoms with van der Waals surface area (Å²) in [6.45, 7) is 4.66. The second kappa shape index (κ2) is 5.90. The van der Waals surface area contributed by atoms with E-state index in [0.29, 0.717) is 29.7 Å². The molecule has 2 heterocycles. The first kappa shape index (κ1) is 14.1. The molecular weight excluding hydrogens is 266 g/mol. The normalized spacial score (nSPS) is 16.4. The number of hydrogen-bond donors (Lipinski definition) is 1. The quantitative estimate of drug-likeness (QED) is 0.942. The Morgan fingerprint density at radius 1 is 1.24 bits per heavy atom. The van der Waals surface area contributed by atoms with E-state index in [9.17, 15) is 9.90 Å². The van der Waals surface area contributed by atoms with E-state index in [1.165, 1.54) is 19.3 Å². The van der Waals surface area contributed by atoms with Crippen LogP contribution < -0.4 is 5.43 Å². The Morgan fingerprint density at radius 2 is 2.00 bits per heavy atom. The number of nitrogens with zero attached hydrogens (tertiary/aromatic N) is 1. The van der Waals surface area contributed by atoms with Gasteiger partial charge in [-0.15, -0.1) is 0 Å². The molecule has 1 aromatic carbocycles. The molecule has 1 aromatic heterocycles. The lowest BCUT2D eigenvalue weighted by Crippen LogP contribution is -2.29. The maximum Gasteiger partial charge on any atom is 0.192 e. The van der Waals surface area contributed by atoms with E-state index >= 15 is 0 Å². The van der Waals surface area contributed by atoms with Gasteiger partial charge in [0, 0.05) is 19.0 Å². The number of hydrogen-bond acceptors (Lipinski definition) is 4. The molecule has 1 N–H and O–H groups in total. The maximum absolute atomic E-state index is 12.2. The van der Waals surface area contributed by atoms with Gasteiger partial charge >= 0.3 is 0 Å². The molecule has 1 fully saturated rings. The number of piperidine rings is 1. The van der Waals surface area contributed by atoms with E-state index in [2.05, 4.69) is 4.90 Å². The van der Waals surface area contributed by atoms with Gasteiger partial charge in [0.25, 0.3) is 0 Å². The standard InChI is InChI=1S/C17H21NO3/c1-2-12-10-16(20)13-6-7-15(19)14(17(13)21-12)11-18-8-4-3-5-9-18/h6-7,10,19H,2-5,8-9,11H2,1H3. The largest absolute Gasteiger partial charge is 0.507 e. The van der Waals surface area contributed by atoms with Crippen LogP contribution in [0.4, 0.5) is 0 Å². The summed E-state index contributed by atoms with van der Waals surface area (Å²) in [6.07, 6.45) is 4.32. The molecule has 1 aliphatic rings. The summed E-state index contributed by atoms with van der Waals surface area (Å²) in [5.41, 5.74) is 1.25. The Morgan fingerprint density at radius 3 is 2.71 bits per heavy atom. The number of phenolic OH excluding ortho intramolecular Hbond substituents is 1. The van der Waals surface area contributed by atoms with E-state index in [1.54, 1.807) is 18.2 Å². The first-order valence-electron chi connectivity index (χ1n) is 7.69. The van der Waals surface area contributed by atoms with Crippen molar-refractivity contribution in [2.75, 3.05) is 13.1 Å². The van der Waals surface area contributed by atoms with Crippen molar-refractivity contribution in [3.8, 4) is 5.75 Å². The van der Waals surface area contributed by atoms with Gasteiger partial charge in [0.1, 0.15) is 17.1 Å². The second-order valence-corrected chi connectivity index (χ2v) is 5.71. The van der Waals surface area contributed by atoms with E-state index in [-0.39, 0.29) is 11.2 Å². The van der Waals surface area contributed by atoms with E-state index < -0.39 is 0 Å². The lowest BCUT2D eigenvalue weighted by molar-refractivity contribution is 0.218. The molecule has 0 aliphatic carbocycles. The van der Waals surface area contributed by atoms with Crippen LogP contribution in [0.15, 0.2) is 27.4 Å². The molecule has 2 aromatic rings. The van der Waals surface area contributed by atoms with Crippen molar-refractivity contribution >= 4 is 11.0 Å². The summed E-state index contributed by atoms with van der Waals surface area (Å²) in [6, 6.07) is 4.80. The Kier molecular flexibility index (Phi) is 3.97. The Labute approximate surface area is 124 Å². The molecule has 0 spiro atoms. The molecule has 0 saturated carbocycles. The summed E-state index contributed by atoms with van der Waals surface area (Å²) in [5, 5.41) is 10.8. The van der Waals surface area contributed by atoms with E-state index in [4.69, 9.17) is 4.42 Å². The third-order valence-corrected chi connectivity index (χ3v) is 4.21. The van der Waals surface area contributed by atoms with Gasteiger partial charge in [0.05, 0.1) is 10.9 Å². The number of benzene rings is 1. The summed E-state index contributed by atoms with van der Waals surface area (Å²) in [5.74, 6) is 0.877. The van der Waals surface area contributed by atoms with Crippen LogP contribution in [0.25, 0.3) is 11.0 Å². The first-order chi connectivity index (χ1) is 10.2. The molecule has 0 radical (unpaired) electrons. The molecule has 1 aliphatic heterocycles. The van der Waals surface area contributed by atoms with Crippen LogP contribution in [-0.2, 0) is 13.0 Å². The van der Waals surface area contributed by atoms with Crippen LogP contribution >= 0.6 is 0 Å². The molecular formula is C17H21NO3. The zero-order valence-electron chi connectivity index (χ0n) is 12.4. The lowest BCUT2D eigenvalue weighted by Gasteiger charge is -2.26. The minimum atomic E-state index is -0.0343. The fourth-order valence-corrected chi connectivity index (χ4v) is 2.98. The number of likely N-dealkylation sites (tertiary alicyclic amines) is 1. The van der Waals surface area contributed by atoms with Crippen LogP contribution in [0.5, 0.6) is 5.75 Å². The van der Waals surface area contributed by atoms with Crippen LogP contribution in [0, 0.1) is 0 Å². The van der Waals surface area contributed by atoms with Crippen molar-refractivity contribution in [3.05, 3.63) is 39.7 Å². The van der Waals surface area contributed by atoms with Crippen LogP contribution in [-0.4, -0.2) is 23.1 Å². The van der Waals surface area contributed by atoms with Gasteiger partial charge in [-0.25, -0.2) is 0 Å². The third kappa shape index (κ3) is 2.81. The number of rotatable bonds is 3. The summed E-state index contributed by atoms with van der Waals surface area (Å²) >= 11 is 0. The summed E-state index contributed by atoms with van der Waals surface area (Å²) in [4.78, 5) is 14.5. The summed E-state index contributed by atoms with van der Waals surface area (Å²) < 4.78 is 5.86. The molecule has 112 valence electrons. The number of fused-ring (bicyclic) bond motifs is 1. The Bertz CT molecular complexity index is 699. The fourth-order valence-electron chi connectivity index (χ4n) is 2.98. The third-order valence-electron chi connectivity index (χ3n) is 4.21. The lowest BCUT2D eigenvalue weighted by atomic mass is 10.1. The second-order valence-electron chi connectivity index (χ2n) is 5.71. The highest BCUT2D eigenvalue weighted by molar-refractivity contribution is 5.82. The molecule has 0 atom stereocenters. The van der Waals surface area contributed by atoms with Crippen molar-refractivity contribution in [2.45, 2.75) is 39.2 Å². The molecule has 3 rings (SSSR count). The van der Waals surface area contributed by atoms with Crippen LogP contribution in [0.3, 0.4) is 0 Å². The molecule has 1 saturated heterocycles. The fraction of sp³-hybridized carbons (Fsp3) is 0.471. The SMILES string of the molecule is CCc1cc(=O)c2ccc(O)c(CN3CCCCC3)c2o1. The van der Waals surface area contributed by atoms with Gasteiger partial charge < -0.3 is 9.52 Å². The number of aryl methyl sites for hydroxylation is 1. The van der Waals surface area contributed by atoms with Gasteiger partial charge in [-0.3, -0.25) is 9.69 Å². The predicted octanol–water partition coefficient (Wildman–Crippen LogP) is 3.05. The summed E-state index contributed by atoms with van der Waals surface area (Å²) in [7, 11) is 0. The van der Waals surface area contributed by atoms with E-state index in [1.807, 2.05) is 6.92 Å². The van der Waals surface area contributed by atoms with Gasteiger partial charge in [0.15, 0.2) is 5.43 Å². The topological polar surface area (TPSA) is 53.7 Å². The first-order valence-corrected chi connectivity index (χ1v) is 7.69. The molecule has 0 unspecified atom stereocenters. The van der Waals surface area contributed by atoms with Gasteiger partial charge in [-0.2, -0.15) is 0 Å². The Balaban J connectivity index is 2.08. The van der Waals surface area contributed by atoms with Crippen molar-refractivity contribution in [1.29, 1.82) is 0 Å². The molecule has 21 heavy (non-hydrogen) atoms. The molecule has 4 heteroatoms. The molecule has 4 nitrogen and oxygen atoms in total. The average molecular weight is 287 g/mol. The predicted molar refractivity (Wildman–Crippen MR) is 82.7 cm³/mol. The Hall–Kier alpha value is -1.81. The van der Waals surface area contributed by atoms with Crippen molar-refractivity contribution < 1.29 is 9.52 Å².